The van der Waals surface area contributed by atoms with Gasteiger partial charge in [0, 0.05) is 37.1 Å². The van der Waals surface area contributed by atoms with Crippen LogP contribution in [0.2, 0.25) is 0 Å². The second kappa shape index (κ2) is 6.54. The van der Waals surface area contributed by atoms with Gasteiger partial charge in [0.05, 0.1) is 6.10 Å². The molecule has 2 aromatic rings. The van der Waals surface area contributed by atoms with Crippen LogP contribution in [0.1, 0.15) is 17.2 Å². The summed E-state index contributed by atoms with van der Waals surface area (Å²) in [6.07, 6.45) is 2.42. The molecule has 0 aliphatic carbocycles. The lowest BCUT2D eigenvalue weighted by Crippen LogP contribution is -2.24. The van der Waals surface area contributed by atoms with E-state index in [0.717, 1.165) is 17.7 Å². The number of benzene rings is 1. The van der Waals surface area contributed by atoms with E-state index in [1.54, 1.807) is 12.4 Å². The van der Waals surface area contributed by atoms with Crippen molar-refractivity contribution in [2.75, 3.05) is 13.6 Å². The van der Waals surface area contributed by atoms with Crippen molar-refractivity contribution < 1.29 is 13.9 Å². The maximum atomic E-state index is 13.5. The summed E-state index contributed by atoms with van der Waals surface area (Å²) in [7, 11) is 1.82. The van der Waals surface area contributed by atoms with Crippen molar-refractivity contribution in [1.29, 1.82) is 0 Å². The van der Waals surface area contributed by atoms with Crippen LogP contribution < -0.4 is 0 Å². The molecule has 1 unspecified atom stereocenters. The van der Waals surface area contributed by atoms with Crippen molar-refractivity contribution >= 4 is 0 Å². The summed E-state index contributed by atoms with van der Waals surface area (Å²) >= 11 is 0. The standard InChI is InChI=1S/C15H16F2N2O/c1-19(9-11-3-2-6-18-8-11)10-15(20)13-5-4-12(16)7-14(13)17/h2-8,15,20H,9-10H2,1H3. The first-order valence-corrected chi connectivity index (χ1v) is 6.26. The average molecular weight is 278 g/mol. The summed E-state index contributed by atoms with van der Waals surface area (Å²) in [4.78, 5) is 5.86. The number of aromatic nitrogens is 1. The highest BCUT2D eigenvalue weighted by atomic mass is 19.1. The largest absolute Gasteiger partial charge is 0.387 e. The third kappa shape index (κ3) is 3.82. The number of aliphatic hydroxyl groups is 1. The van der Waals surface area contributed by atoms with Crippen LogP contribution >= 0.6 is 0 Å². The van der Waals surface area contributed by atoms with Crippen LogP contribution in [0.4, 0.5) is 8.78 Å². The van der Waals surface area contributed by atoms with E-state index in [4.69, 9.17) is 0 Å². The molecule has 0 aliphatic heterocycles. The van der Waals surface area contributed by atoms with Crippen molar-refractivity contribution in [3.63, 3.8) is 0 Å². The highest BCUT2D eigenvalue weighted by Gasteiger charge is 2.15. The fourth-order valence-corrected chi connectivity index (χ4v) is 2.03. The van der Waals surface area contributed by atoms with E-state index >= 15 is 0 Å². The van der Waals surface area contributed by atoms with Gasteiger partial charge in [-0.3, -0.25) is 9.88 Å². The fourth-order valence-electron chi connectivity index (χ4n) is 2.03. The van der Waals surface area contributed by atoms with Gasteiger partial charge in [-0.1, -0.05) is 12.1 Å². The number of rotatable bonds is 5. The molecule has 1 atom stereocenters. The molecule has 3 nitrogen and oxygen atoms in total. The third-order valence-corrected chi connectivity index (χ3v) is 2.98. The van der Waals surface area contributed by atoms with Gasteiger partial charge in [0.25, 0.3) is 0 Å². The van der Waals surface area contributed by atoms with Crippen LogP contribution in [0.3, 0.4) is 0 Å². The van der Waals surface area contributed by atoms with Crippen molar-refractivity contribution in [3.8, 4) is 0 Å². The molecule has 5 heteroatoms. The predicted molar refractivity (Wildman–Crippen MR) is 71.9 cm³/mol. The van der Waals surface area contributed by atoms with E-state index in [9.17, 15) is 13.9 Å². The van der Waals surface area contributed by atoms with Crippen molar-refractivity contribution in [3.05, 3.63) is 65.5 Å². The zero-order valence-corrected chi connectivity index (χ0v) is 11.1. The van der Waals surface area contributed by atoms with Gasteiger partial charge < -0.3 is 5.11 Å². The lowest BCUT2D eigenvalue weighted by atomic mass is 10.1. The van der Waals surface area contributed by atoms with Crippen LogP contribution in [0.5, 0.6) is 0 Å². The molecule has 0 saturated heterocycles. The molecule has 1 N–H and O–H groups in total. The maximum absolute atomic E-state index is 13.5. The van der Waals surface area contributed by atoms with E-state index < -0.39 is 17.7 Å². The summed E-state index contributed by atoms with van der Waals surface area (Å²) < 4.78 is 26.4. The lowest BCUT2D eigenvalue weighted by molar-refractivity contribution is 0.120. The van der Waals surface area contributed by atoms with Gasteiger partial charge in [0.2, 0.25) is 0 Å². The smallest absolute Gasteiger partial charge is 0.131 e. The van der Waals surface area contributed by atoms with E-state index in [2.05, 4.69) is 4.98 Å². The van der Waals surface area contributed by atoms with E-state index in [1.165, 1.54) is 6.07 Å². The molecule has 106 valence electrons. The van der Waals surface area contributed by atoms with Crippen LogP contribution in [0.25, 0.3) is 0 Å². The summed E-state index contributed by atoms with van der Waals surface area (Å²) in [5.41, 5.74) is 1.10. The molecular formula is C15H16F2N2O. The number of halogens is 2. The first kappa shape index (κ1) is 14.6. The minimum absolute atomic E-state index is 0.101. The molecule has 0 aliphatic rings. The summed E-state index contributed by atoms with van der Waals surface area (Å²) in [6, 6.07) is 6.95. The Balaban J connectivity index is 1.98. The maximum Gasteiger partial charge on any atom is 0.131 e. The summed E-state index contributed by atoms with van der Waals surface area (Å²) in [5.74, 6) is -1.38. The van der Waals surface area contributed by atoms with Crippen LogP contribution in [0.15, 0.2) is 42.7 Å². The van der Waals surface area contributed by atoms with Gasteiger partial charge >= 0.3 is 0 Å². The van der Waals surface area contributed by atoms with Gasteiger partial charge in [0.15, 0.2) is 0 Å². The highest BCUT2D eigenvalue weighted by Crippen LogP contribution is 2.19. The molecule has 0 radical (unpaired) electrons. The Labute approximate surface area is 116 Å². The minimum Gasteiger partial charge on any atom is -0.387 e. The number of hydrogen-bond donors (Lipinski definition) is 1. The van der Waals surface area contributed by atoms with Gasteiger partial charge in [-0.2, -0.15) is 0 Å². The highest BCUT2D eigenvalue weighted by molar-refractivity contribution is 5.21. The molecule has 0 amide bonds. The molecule has 2 rings (SSSR count). The summed E-state index contributed by atoms with van der Waals surface area (Å²) in [6.45, 7) is 0.838. The lowest BCUT2D eigenvalue weighted by Gasteiger charge is -2.21. The number of nitrogens with zero attached hydrogens (tertiary/aromatic N) is 2. The molecule has 1 aromatic heterocycles. The molecule has 1 heterocycles. The SMILES string of the molecule is CN(Cc1cccnc1)CC(O)c1ccc(F)cc1F. The first-order chi connectivity index (χ1) is 9.56. The van der Waals surface area contributed by atoms with Crippen molar-refractivity contribution in [1.82, 2.24) is 9.88 Å². The molecular weight excluding hydrogens is 262 g/mol. The molecule has 1 aromatic carbocycles. The zero-order chi connectivity index (χ0) is 14.5. The van der Waals surface area contributed by atoms with Crippen LogP contribution in [0, 0.1) is 11.6 Å². The molecule has 0 bridgehead atoms. The number of aliphatic hydroxyl groups excluding tert-OH is 1. The Morgan fingerprint density at radius 3 is 2.75 bits per heavy atom. The Bertz CT molecular complexity index is 563. The molecule has 20 heavy (non-hydrogen) atoms. The Hall–Kier alpha value is -1.85. The average Bonchev–Trinajstić information content (AvgIpc) is 2.39. The quantitative estimate of drug-likeness (QED) is 0.913. The fraction of sp³-hybridized carbons (Fsp3) is 0.267. The third-order valence-electron chi connectivity index (χ3n) is 2.98. The Morgan fingerprint density at radius 2 is 2.10 bits per heavy atom. The topological polar surface area (TPSA) is 36.4 Å². The van der Waals surface area contributed by atoms with Gasteiger partial charge in [0.1, 0.15) is 11.6 Å². The van der Waals surface area contributed by atoms with Gasteiger partial charge in [-0.25, -0.2) is 8.78 Å². The van der Waals surface area contributed by atoms with E-state index in [1.807, 2.05) is 24.1 Å². The van der Waals surface area contributed by atoms with Gasteiger partial charge in [-0.15, -0.1) is 0 Å². The molecule has 0 saturated carbocycles. The number of pyridine rings is 1. The van der Waals surface area contributed by atoms with Crippen LogP contribution in [-0.2, 0) is 6.54 Å². The second-order valence-electron chi connectivity index (χ2n) is 4.74. The molecule has 0 spiro atoms. The zero-order valence-electron chi connectivity index (χ0n) is 11.1. The van der Waals surface area contributed by atoms with Crippen LogP contribution in [-0.4, -0.2) is 28.6 Å². The van der Waals surface area contributed by atoms with E-state index in [-0.39, 0.29) is 12.1 Å². The van der Waals surface area contributed by atoms with E-state index in [0.29, 0.717) is 6.54 Å². The summed E-state index contributed by atoms with van der Waals surface area (Å²) in [5, 5.41) is 10.0. The first-order valence-electron chi connectivity index (χ1n) is 6.26. The predicted octanol–water partition coefficient (Wildman–Crippen LogP) is 2.53. The monoisotopic (exact) mass is 278 g/mol. The van der Waals surface area contributed by atoms with Gasteiger partial charge in [-0.05, 0) is 24.7 Å². The number of likely N-dealkylation sites (N-methyl/N-ethyl adjacent to an activating group) is 1. The molecule has 0 fully saturated rings. The minimum atomic E-state index is -1.00. The second-order valence-corrected chi connectivity index (χ2v) is 4.74. The Morgan fingerprint density at radius 1 is 1.30 bits per heavy atom. The van der Waals surface area contributed by atoms with Crippen molar-refractivity contribution in [2.45, 2.75) is 12.6 Å². The normalized spacial score (nSPS) is 12.7. The Kier molecular flexibility index (Phi) is 4.76. The number of hydrogen-bond acceptors (Lipinski definition) is 3. The van der Waals surface area contributed by atoms with Crippen molar-refractivity contribution in [2.24, 2.45) is 0 Å².